The van der Waals surface area contributed by atoms with Gasteiger partial charge >= 0.3 is 5.97 Å². The number of nitrogens with zero attached hydrogens (tertiary/aromatic N) is 2. The molecular weight excluding hydrogens is 174 g/mol. The molecule has 0 radical (unpaired) electrons. The van der Waals surface area contributed by atoms with Crippen molar-refractivity contribution in [3.63, 3.8) is 0 Å². The highest BCUT2D eigenvalue weighted by molar-refractivity contribution is 5.73. The number of methoxy groups -OCH3 is 1. The van der Waals surface area contributed by atoms with Crippen LogP contribution >= 0.6 is 0 Å². The number of hydrogen-bond acceptors (Lipinski definition) is 4. The second-order valence-electron chi connectivity index (χ2n) is 2.47. The normalized spacial score (nSPS) is 9.69. The quantitative estimate of drug-likeness (QED) is 0.686. The van der Waals surface area contributed by atoms with E-state index in [0.29, 0.717) is 11.6 Å². The van der Waals surface area contributed by atoms with E-state index in [2.05, 4.69) is 10.4 Å². The van der Waals surface area contributed by atoms with E-state index >= 15 is 0 Å². The number of carboxylic acids is 1. The van der Waals surface area contributed by atoms with Crippen LogP contribution in [0.15, 0.2) is 6.20 Å². The van der Waals surface area contributed by atoms with Crippen molar-refractivity contribution in [3.8, 4) is 5.88 Å². The molecule has 1 heterocycles. The highest BCUT2D eigenvalue weighted by Crippen LogP contribution is 2.20. The van der Waals surface area contributed by atoms with Gasteiger partial charge in [0.2, 0.25) is 0 Å². The first-order chi connectivity index (χ1) is 6.13. The van der Waals surface area contributed by atoms with Gasteiger partial charge in [-0.15, -0.1) is 5.10 Å². The van der Waals surface area contributed by atoms with Gasteiger partial charge in [0.1, 0.15) is 12.2 Å². The second kappa shape index (κ2) is 3.79. The van der Waals surface area contributed by atoms with Crippen LogP contribution in [-0.4, -0.2) is 34.5 Å². The van der Waals surface area contributed by atoms with Crippen molar-refractivity contribution in [1.29, 1.82) is 0 Å². The molecule has 0 unspecified atom stereocenters. The lowest BCUT2D eigenvalue weighted by Crippen LogP contribution is -2.12. The Morgan fingerprint density at radius 2 is 2.54 bits per heavy atom. The molecule has 13 heavy (non-hydrogen) atoms. The molecule has 0 amide bonds. The lowest BCUT2D eigenvalue weighted by molar-refractivity contribution is -0.134. The maximum absolute atomic E-state index is 10.2. The zero-order chi connectivity index (χ0) is 9.84. The number of nitrogens with one attached hydrogen (secondary N) is 1. The molecule has 1 aromatic rings. The molecule has 1 aromatic heterocycles. The van der Waals surface area contributed by atoms with Crippen molar-refractivity contribution in [3.05, 3.63) is 6.20 Å². The van der Waals surface area contributed by atoms with E-state index in [1.165, 1.54) is 7.11 Å². The van der Waals surface area contributed by atoms with Gasteiger partial charge in [-0.1, -0.05) is 0 Å². The smallest absolute Gasteiger partial charge is 0.322 e. The lowest BCUT2D eigenvalue weighted by atomic mass is 10.5. The maximum Gasteiger partial charge on any atom is 0.322 e. The summed E-state index contributed by atoms with van der Waals surface area (Å²) < 4.78 is 6.46. The Balaban J connectivity index is 2.69. The minimum atomic E-state index is -0.925. The Labute approximate surface area is 75.1 Å². The zero-order valence-corrected chi connectivity index (χ0v) is 7.44. The summed E-state index contributed by atoms with van der Waals surface area (Å²) in [7, 11) is 3.21. The maximum atomic E-state index is 10.2. The first-order valence-corrected chi connectivity index (χ1v) is 3.66. The molecule has 6 heteroatoms. The minimum absolute atomic E-state index is 0.151. The number of ether oxygens (including phenoxy) is 1. The van der Waals surface area contributed by atoms with Crippen LogP contribution in [0.25, 0.3) is 0 Å². The molecule has 0 fully saturated rings. The number of aromatic nitrogens is 2. The predicted octanol–water partition coefficient (Wildman–Crippen LogP) is -0.0748. The van der Waals surface area contributed by atoms with E-state index in [0.717, 1.165) is 0 Å². The van der Waals surface area contributed by atoms with Gasteiger partial charge in [0.25, 0.3) is 5.88 Å². The minimum Gasteiger partial charge on any atom is -0.480 e. The summed E-state index contributed by atoms with van der Waals surface area (Å²) in [6.45, 7) is -0.151. The Morgan fingerprint density at radius 1 is 1.85 bits per heavy atom. The van der Waals surface area contributed by atoms with Crippen LogP contribution in [-0.2, 0) is 11.8 Å². The van der Waals surface area contributed by atoms with Crippen molar-refractivity contribution in [2.45, 2.75) is 0 Å². The van der Waals surface area contributed by atoms with Crippen LogP contribution in [0.1, 0.15) is 0 Å². The van der Waals surface area contributed by atoms with Gasteiger partial charge in [-0.2, -0.15) is 0 Å². The van der Waals surface area contributed by atoms with Crippen molar-refractivity contribution in [2.75, 3.05) is 19.0 Å². The zero-order valence-electron chi connectivity index (χ0n) is 7.44. The van der Waals surface area contributed by atoms with Crippen LogP contribution in [0.5, 0.6) is 5.88 Å². The first-order valence-electron chi connectivity index (χ1n) is 3.66. The van der Waals surface area contributed by atoms with E-state index in [-0.39, 0.29) is 6.54 Å². The van der Waals surface area contributed by atoms with Crippen molar-refractivity contribution in [2.24, 2.45) is 7.05 Å². The summed E-state index contributed by atoms with van der Waals surface area (Å²) in [6.07, 6.45) is 1.65. The molecule has 0 saturated carbocycles. The summed E-state index contributed by atoms with van der Waals surface area (Å²) >= 11 is 0. The molecule has 1 rings (SSSR count). The van der Waals surface area contributed by atoms with Gasteiger partial charge < -0.3 is 15.2 Å². The van der Waals surface area contributed by atoms with Gasteiger partial charge in [0, 0.05) is 7.05 Å². The first kappa shape index (κ1) is 9.37. The van der Waals surface area contributed by atoms with Crippen LogP contribution in [0, 0.1) is 0 Å². The standard InChI is InChI=1S/C7H11N3O3/c1-10-4-5(7(9-10)13-2)8-3-6(11)12/h4,8H,3H2,1-2H3,(H,11,12). The summed E-state index contributed by atoms with van der Waals surface area (Å²) in [4.78, 5) is 10.2. The van der Waals surface area contributed by atoms with Crippen molar-refractivity contribution >= 4 is 11.7 Å². The molecule has 0 bridgehead atoms. The fourth-order valence-corrected chi connectivity index (χ4v) is 0.911. The summed E-state index contributed by atoms with van der Waals surface area (Å²) in [6, 6.07) is 0. The van der Waals surface area contributed by atoms with E-state index in [1.807, 2.05) is 0 Å². The molecule has 72 valence electrons. The largest absolute Gasteiger partial charge is 0.480 e. The van der Waals surface area contributed by atoms with Gasteiger partial charge in [-0.3, -0.25) is 9.48 Å². The average Bonchev–Trinajstić information content (AvgIpc) is 2.42. The Bertz CT molecular complexity index is 308. The number of carboxylic acid groups (broad SMARTS) is 1. The highest BCUT2D eigenvalue weighted by Gasteiger charge is 2.07. The van der Waals surface area contributed by atoms with E-state index in [1.54, 1.807) is 17.9 Å². The number of carbonyl (C=O) groups is 1. The molecule has 0 aliphatic carbocycles. The second-order valence-corrected chi connectivity index (χ2v) is 2.47. The predicted molar refractivity (Wildman–Crippen MR) is 45.9 cm³/mol. The van der Waals surface area contributed by atoms with Gasteiger partial charge in [-0.05, 0) is 0 Å². The number of anilines is 1. The fourth-order valence-electron chi connectivity index (χ4n) is 0.911. The molecule has 0 spiro atoms. The monoisotopic (exact) mass is 185 g/mol. The number of aryl methyl sites for hydroxylation is 1. The van der Waals surface area contributed by atoms with Gasteiger partial charge in [-0.25, -0.2) is 0 Å². The topological polar surface area (TPSA) is 76.4 Å². The molecule has 0 aliphatic rings. The molecule has 0 aliphatic heterocycles. The third-order valence-electron chi connectivity index (χ3n) is 1.42. The number of rotatable bonds is 4. The summed E-state index contributed by atoms with van der Waals surface area (Å²) in [5, 5.41) is 15.0. The summed E-state index contributed by atoms with van der Waals surface area (Å²) in [5.74, 6) is -0.533. The van der Waals surface area contributed by atoms with Crippen LogP contribution in [0.3, 0.4) is 0 Å². The van der Waals surface area contributed by atoms with Gasteiger partial charge in [0.15, 0.2) is 0 Å². The molecule has 6 nitrogen and oxygen atoms in total. The molecule has 0 aromatic carbocycles. The third kappa shape index (κ3) is 2.36. The fraction of sp³-hybridized carbons (Fsp3) is 0.429. The van der Waals surface area contributed by atoms with Crippen LogP contribution < -0.4 is 10.1 Å². The van der Waals surface area contributed by atoms with E-state index in [4.69, 9.17) is 9.84 Å². The molecule has 0 atom stereocenters. The number of aliphatic carboxylic acids is 1. The summed E-state index contributed by atoms with van der Waals surface area (Å²) in [5.41, 5.74) is 0.576. The van der Waals surface area contributed by atoms with Gasteiger partial charge in [0.05, 0.1) is 13.3 Å². The molecule has 2 N–H and O–H groups in total. The molecule has 0 saturated heterocycles. The average molecular weight is 185 g/mol. The lowest BCUT2D eigenvalue weighted by Gasteiger charge is -2.00. The van der Waals surface area contributed by atoms with Crippen molar-refractivity contribution in [1.82, 2.24) is 9.78 Å². The van der Waals surface area contributed by atoms with E-state index < -0.39 is 5.97 Å². The Hall–Kier alpha value is -1.72. The van der Waals surface area contributed by atoms with Crippen LogP contribution in [0.2, 0.25) is 0 Å². The Morgan fingerprint density at radius 3 is 3.08 bits per heavy atom. The molecular formula is C7H11N3O3. The van der Waals surface area contributed by atoms with E-state index in [9.17, 15) is 4.79 Å². The third-order valence-corrected chi connectivity index (χ3v) is 1.42. The Kier molecular flexibility index (Phi) is 2.73. The SMILES string of the molecule is COc1nn(C)cc1NCC(=O)O. The van der Waals surface area contributed by atoms with Crippen LogP contribution in [0.4, 0.5) is 5.69 Å². The van der Waals surface area contributed by atoms with Crippen molar-refractivity contribution < 1.29 is 14.6 Å². The number of hydrogen-bond donors (Lipinski definition) is 2. The highest BCUT2D eigenvalue weighted by atomic mass is 16.5.